The average Bonchev–Trinajstić information content (AvgIpc) is 3.21. The number of halogens is 2. The van der Waals surface area contributed by atoms with Crippen molar-refractivity contribution in [3.63, 3.8) is 0 Å². The normalized spacial score (nSPS) is 10.8. The molecule has 1 amide bonds. The number of hydrogen-bond donors (Lipinski definition) is 1. The van der Waals surface area contributed by atoms with Crippen molar-refractivity contribution in [2.24, 2.45) is 0 Å². The third-order valence-electron chi connectivity index (χ3n) is 4.40. The van der Waals surface area contributed by atoms with Crippen LogP contribution in [0.1, 0.15) is 10.4 Å². The van der Waals surface area contributed by atoms with Crippen LogP contribution in [0.5, 0.6) is 11.6 Å². The van der Waals surface area contributed by atoms with Crippen LogP contribution in [0.4, 0.5) is 0 Å². The molecule has 2 heterocycles. The fourth-order valence-corrected chi connectivity index (χ4v) is 3.50. The van der Waals surface area contributed by atoms with Gasteiger partial charge in [0.25, 0.3) is 5.91 Å². The van der Waals surface area contributed by atoms with Crippen molar-refractivity contribution in [1.29, 1.82) is 0 Å². The van der Waals surface area contributed by atoms with Gasteiger partial charge in [0.05, 0.1) is 29.8 Å². The molecule has 4 aromatic rings. The Kier molecular flexibility index (Phi) is 6.34. The number of methoxy groups -OCH3 is 1. The summed E-state index contributed by atoms with van der Waals surface area (Å²) in [5.41, 5.74) is 1.73. The molecule has 1 N–H and O–H groups in total. The Morgan fingerprint density at radius 1 is 1.16 bits per heavy atom. The number of fused-ring (bicyclic) bond motifs is 1. The first-order valence-electron chi connectivity index (χ1n) is 9.28. The summed E-state index contributed by atoms with van der Waals surface area (Å²) in [4.78, 5) is 12.3. The minimum Gasteiger partial charge on any atom is -0.496 e. The topological polar surface area (TPSA) is 90.6 Å². The van der Waals surface area contributed by atoms with Gasteiger partial charge in [-0.15, -0.1) is 15.3 Å². The van der Waals surface area contributed by atoms with Crippen LogP contribution in [0.3, 0.4) is 0 Å². The Hall–Kier alpha value is -3.17. The van der Waals surface area contributed by atoms with Gasteiger partial charge in [0, 0.05) is 10.5 Å². The number of benzene rings is 2. The summed E-state index contributed by atoms with van der Waals surface area (Å²) < 4.78 is 13.5. The third kappa shape index (κ3) is 4.62. The van der Waals surface area contributed by atoms with Crippen molar-refractivity contribution in [3.05, 3.63) is 69.7 Å². The van der Waals surface area contributed by atoms with E-state index >= 15 is 0 Å². The van der Waals surface area contributed by atoms with Crippen molar-refractivity contribution < 1.29 is 14.3 Å². The summed E-state index contributed by atoms with van der Waals surface area (Å²) in [6.45, 7) is 0.505. The number of nitrogens with zero attached hydrogens (tertiary/aromatic N) is 4. The molecule has 31 heavy (non-hydrogen) atoms. The van der Waals surface area contributed by atoms with Crippen molar-refractivity contribution in [2.75, 3.05) is 20.3 Å². The molecule has 0 spiro atoms. The zero-order valence-corrected chi connectivity index (χ0v) is 18.7. The van der Waals surface area contributed by atoms with E-state index in [2.05, 4.69) is 36.5 Å². The number of rotatable bonds is 7. The van der Waals surface area contributed by atoms with Crippen molar-refractivity contribution in [3.8, 4) is 23.0 Å². The lowest BCUT2D eigenvalue weighted by Gasteiger charge is -2.09. The van der Waals surface area contributed by atoms with Crippen LogP contribution >= 0.6 is 27.5 Å². The minimum atomic E-state index is -0.282. The highest BCUT2D eigenvalue weighted by molar-refractivity contribution is 9.10. The first kappa shape index (κ1) is 21.1. The zero-order chi connectivity index (χ0) is 21.8. The molecule has 0 unspecified atom stereocenters. The van der Waals surface area contributed by atoms with Crippen molar-refractivity contribution in [2.45, 2.75) is 0 Å². The largest absolute Gasteiger partial charge is 0.496 e. The molecule has 0 aliphatic heterocycles. The van der Waals surface area contributed by atoms with E-state index in [9.17, 15) is 4.79 Å². The molecule has 0 aliphatic carbocycles. The van der Waals surface area contributed by atoms with E-state index < -0.39 is 0 Å². The highest BCUT2D eigenvalue weighted by Gasteiger charge is 2.15. The van der Waals surface area contributed by atoms with E-state index in [1.165, 1.54) is 0 Å². The van der Waals surface area contributed by atoms with E-state index in [0.29, 0.717) is 33.7 Å². The maximum atomic E-state index is 12.3. The SMILES string of the molecule is COc1ccccc1-c1nnc2ccc(OCCNC(=O)c3cc(Br)ccc3Cl)nn12. The second kappa shape index (κ2) is 9.32. The van der Waals surface area contributed by atoms with Crippen molar-refractivity contribution in [1.82, 2.24) is 25.1 Å². The number of amides is 1. The number of para-hydroxylation sites is 1. The van der Waals surface area contributed by atoms with Gasteiger partial charge in [0.2, 0.25) is 5.88 Å². The van der Waals surface area contributed by atoms with Gasteiger partial charge in [-0.3, -0.25) is 4.79 Å². The van der Waals surface area contributed by atoms with Crippen LogP contribution in [0.15, 0.2) is 59.1 Å². The van der Waals surface area contributed by atoms with Gasteiger partial charge in [-0.25, -0.2) is 0 Å². The molecule has 0 radical (unpaired) electrons. The summed E-state index contributed by atoms with van der Waals surface area (Å²) in [7, 11) is 1.60. The van der Waals surface area contributed by atoms with Gasteiger partial charge in [0.15, 0.2) is 11.5 Å². The van der Waals surface area contributed by atoms with E-state index in [0.717, 1.165) is 10.0 Å². The number of aromatic nitrogens is 4. The molecular formula is C21H17BrClN5O3. The van der Waals surface area contributed by atoms with Crippen LogP contribution < -0.4 is 14.8 Å². The maximum absolute atomic E-state index is 12.3. The highest BCUT2D eigenvalue weighted by Crippen LogP contribution is 2.28. The smallest absolute Gasteiger partial charge is 0.252 e. The average molecular weight is 503 g/mol. The molecule has 10 heteroatoms. The highest BCUT2D eigenvalue weighted by atomic mass is 79.9. The monoisotopic (exact) mass is 501 g/mol. The second-order valence-corrected chi connectivity index (χ2v) is 7.72. The lowest BCUT2D eigenvalue weighted by Crippen LogP contribution is -2.28. The zero-order valence-electron chi connectivity index (χ0n) is 16.4. The molecule has 4 rings (SSSR count). The van der Waals surface area contributed by atoms with E-state index in [4.69, 9.17) is 21.1 Å². The fourth-order valence-electron chi connectivity index (χ4n) is 2.93. The minimum absolute atomic E-state index is 0.224. The molecule has 158 valence electrons. The molecule has 0 saturated carbocycles. The predicted octanol–water partition coefficient (Wildman–Crippen LogP) is 4.02. The fraction of sp³-hybridized carbons (Fsp3) is 0.143. The number of carbonyl (C=O) groups excluding carboxylic acids is 1. The molecule has 8 nitrogen and oxygen atoms in total. The summed E-state index contributed by atoms with van der Waals surface area (Å²) in [6, 6.07) is 16.0. The summed E-state index contributed by atoms with van der Waals surface area (Å²) >= 11 is 9.42. The summed E-state index contributed by atoms with van der Waals surface area (Å²) in [5.74, 6) is 1.29. The molecule has 0 saturated heterocycles. The maximum Gasteiger partial charge on any atom is 0.252 e. The first-order valence-corrected chi connectivity index (χ1v) is 10.5. The Bertz CT molecular complexity index is 1250. The lowest BCUT2D eigenvalue weighted by atomic mass is 10.2. The molecular weight excluding hydrogens is 486 g/mol. The van der Waals surface area contributed by atoms with Gasteiger partial charge >= 0.3 is 0 Å². The molecule has 0 bridgehead atoms. The Labute approximate surface area is 191 Å². The van der Waals surface area contributed by atoms with E-state index in [1.807, 2.05) is 24.3 Å². The molecule has 2 aromatic heterocycles. The van der Waals surface area contributed by atoms with Gasteiger partial charge in [-0.2, -0.15) is 4.52 Å². The van der Waals surface area contributed by atoms with Crippen LogP contribution in [-0.4, -0.2) is 46.0 Å². The third-order valence-corrected chi connectivity index (χ3v) is 5.22. The second-order valence-electron chi connectivity index (χ2n) is 6.39. The molecule has 0 fully saturated rings. The van der Waals surface area contributed by atoms with Gasteiger partial charge in [0.1, 0.15) is 12.4 Å². The summed E-state index contributed by atoms with van der Waals surface area (Å²) in [5, 5.41) is 16.0. The van der Waals surface area contributed by atoms with Gasteiger partial charge < -0.3 is 14.8 Å². The quantitative estimate of drug-likeness (QED) is 0.384. The first-order chi connectivity index (χ1) is 15.1. The number of carbonyl (C=O) groups is 1. The van der Waals surface area contributed by atoms with Crippen LogP contribution in [0.25, 0.3) is 17.0 Å². The van der Waals surface area contributed by atoms with Crippen LogP contribution in [0, 0.1) is 0 Å². The van der Waals surface area contributed by atoms with E-state index in [-0.39, 0.29) is 19.1 Å². The number of ether oxygens (including phenoxy) is 2. The van der Waals surface area contributed by atoms with Gasteiger partial charge in [-0.1, -0.05) is 39.7 Å². The predicted molar refractivity (Wildman–Crippen MR) is 120 cm³/mol. The van der Waals surface area contributed by atoms with Crippen LogP contribution in [-0.2, 0) is 0 Å². The lowest BCUT2D eigenvalue weighted by molar-refractivity contribution is 0.0946. The standard InChI is InChI=1S/C21H17BrClN5O3/c1-30-17-5-3-2-4-14(17)20-26-25-18-8-9-19(27-28(18)20)31-11-10-24-21(29)15-12-13(22)6-7-16(15)23/h2-9,12H,10-11H2,1H3,(H,24,29). The van der Waals surface area contributed by atoms with Crippen LogP contribution in [0.2, 0.25) is 5.02 Å². The van der Waals surface area contributed by atoms with E-state index in [1.54, 1.807) is 42.0 Å². The Morgan fingerprint density at radius 2 is 2.00 bits per heavy atom. The van der Waals surface area contributed by atoms with Gasteiger partial charge in [-0.05, 0) is 36.4 Å². The van der Waals surface area contributed by atoms with Crippen molar-refractivity contribution >= 4 is 39.1 Å². The Morgan fingerprint density at radius 3 is 2.84 bits per heavy atom. The molecule has 2 aromatic carbocycles. The molecule has 0 aliphatic rings. The number of nitrogens with one attached hydrogen (secondary N) is 1. The Balaban J connectivity index is 1.44. The number of hydrogen-bond acceptors (Lipinski definition) is 6. The molecule has 0 atom stereocenters. The summed E-state index contributed by atoms with van der Waals surface area (Å²) in [6.07, 6.45) is 0.